The van der Waals surface area contributed by atoms with Crippen LogP contribution in [0.25, 0.3) is 0 Å². The zero-order valence-electron chi connectivity index (χ0n) is 7.69. The second-order valence-electron chi connectivity index (χ2n) is 3.39. The molecule has 1 heterocycles. The molecule has 2 rings (SSSR count). The largest absolute Gasteiger partial charge is 0.447 e. The van der Waals surface area contributed by atoms with Gasteiger partial charge in [0.1, 0.15) is 6.61 Å². The Morgan fingerprint density at radius 2 is 2.43 bits per heavy atom. The third-order valence-corrected chi connectivity index (χ3v) is 2.17. The number of benzene rings is 1. The van der Waals surface area contributed by atoms with E-state index >= 15 is 0 Å². The van der Waals surface area contributed by atoms with Gasteiger partial charge in [-0.1, -0.05) is 12.1 Å². The van der Waals surface area contributed by atoms with E-state index in [2.05, 4.69) is 5.32 Å². The highest BCUT2D eigenvalue weighted by molar-refractivity contribution is 5.69. The number of ether oxygens (including phenoxy) is 1. The Hall–Kier alpha value is -1.71. The molecule has 1 unspecified atom stereocenters. The lowest BCUT2D eigenvalue weighted by Crippen LogP contribution is -2.28. The number of alkyl carbamates (subject to hydrolysis) is 1. The van der Waals surface area contributed by atoms with Crippen molar-refractivity contribution in [3.8, 4) is 0 Å². The molecule has 0 spiro atoms. The maximum Gasteiger partial charge on any atom is 0.407 e. The minimum absolute atomic E-state index is 0.0734. The van der Waals surface area contributed by atoms with Crippen LogP contribution in [-0.2, 0) is 11.2 Å². The predicted octanol–water partition coefficient (Wildman–Crippen LogP) is 0.920. The van der Waals surface area contributed by atoms with Crippen molar-refractivity contribution in [1.82, 2.24) is 5.32 Å². The fraction of sp³-hybridized carbons (Fsp3) is 0.300. The molecule has 0 saturated carbocycles. The lowest BCUT2D eigenvalue weighted by molar-refractivity contribution is 0.177. The van der Waals surface area contributed by atoms with Gasteiger partial charge in [-0.25, -0.2) is 4.79 Å². The number of nitrogen functional groups attached to an aromatic ring is 1. The van der Waals surface area contributed by atoms with E-state index in [1.54, 1.807) is 0 Å². The number of hydrogen-bond acceptors (Lipinski definition) is 3. The number of carbonyl (C=O) groups excluding carboxylic acids is 1. The molecule has 1 aromatic carbocycles. The molecular weight excluding hydrogens is 180 g/mol. The third kappa shape index (κ3) is 1.96. The predicted molar refractivity (Wildman–Crippen MR) is 52.8 cm³/mol. The van der Waals surface area contributed by atoms with Gasteiger partial charge in [0, 0.05) is 5.69 Å². The van der Waals surface area contributed by atoms with Gasteiger partial charge < -0.3 is 15.8 Å². The van der Waals surface area contributed by atoms with E-state index in [1.807, 2.05) is 24.3 Å². The molecule has 1 fully saturated rings. The highest BCUT2D eigenvalue weighted by Gasteiger charge is 2.21. The number of rotatable bonds is 2. The number of cyclic esters (lactones) is 1. The Morgan fingerprint density at radius 1 is 1.57 bits per heavy atom. The van der Waals surface area contributed by atoms with Crippen LogP contribution in [-0.4, -0.2) is 18.7 Å². The molecule has 1 atom stereocenters. The van der Waals surface area contributed by atoms with Gasteiger partial charge in [0.2, 0.25) is 0 Å². The highest BCUT2D eigenvalue weighted by atomic mass is 16.6. The van der Waals surface area contributed by atoms with Crippen molar-refractivity contribution < 1.29 is 9.53 Å². The van der Waals surface area contributed by atoms with Crippen LogP contribution in [0.5, 0.6) is 0 Å². The molecule has 4 nitrogen and oxygen atoms in total. The lowest BCUT2D eigenvalue weighted by Gasteiger charge is -2.07. The van der Waals surface area contributed by atoms with Crippen molar-refractivity contribution in [1.29, 1.82) is 0 Å². The Labute approximate surface area is 82.1 Å². The van der Waals surface area contributed by atoms with Crippen molar-refractivity contribution in [2.75, 3.05) is 12.3 Å². The molecule has 3 N–H and O–H groups in total. The van der Waals surface area contributed by atoms with Crippen molar-refractivity contribution >= 4 is 11.8 Å². The highest BCUT2D eigenvalue weighted by Crippen LogP contribution is 2.11. The van der Waals surface area contributed by atoms with Gasteiger partial charge in [0.15, 0.2) is 0 Å². The van der Waals surface area contributed by atoms with Crippen LogP contribution in [0.2, 0.25) is 0 Å². The fourth-order valence-electron chi connectivity index (χ4n) is 1.54. The molecule has 1 aliphatic rings. The van der Waals surface area contributed by atoms with E-state index in [-0.39, 0.29) is 12.1 Å². The Balaban J connectivity index is 2.00. The molecular formula is C10H12N2O2. The smallest absolute Gasteiger partial charge is 0.407 e. The van der Waals surface area contributed by atoms with E-state index in [0.29, 0.717) is 6.61 Å². The van der Waals surface area contributed by atoms with Gasteiger partial charge in [-0.05, 0) is 24.1 Å². The zero-order valence-corrected chi connectivity index (χ0v) is 7.69. The molecule has 1 saturated heterocycles. The summed E-state index contributed by atoms with van der Waals surface area (Å²) in [6.45, 7) is 0.438. The zero-order chi connectivity index (χ0) is 9.97. The second kappa shape index (κ2) is 3.57. The number of hydrogen-bond donors (Lipinski definition) is 2. The standard InChI is InChI=1S/C10H12N2O2/c11-8-3-1-2-7(4-8)5-9-6-14-10(13)12-9/h1-4,9H,5-6,11H2,(H,12,13). The summed E-state index contributed by atoms with van der Waals surface area (Å²) in [6.07, 6.45) is 0.426. The normalized spacial score (nSPS) is 20.3. The van der Waals surface area contributed by atoms with E-state index in [1.165, 1.54) is 0 Å². The molecule has 1 aromatic rings. The minimum Gasteiger partial charge on any atom is -0.447 e. The minimum atomic E-state index is -0.334. The molecule has 0 aliphatic carbocycles. The fourth-order valence-corrected chi connectivity index (χ4v) is 1.54. The first-order valence-electron chi connectivity index (χ1n) is 4.52. The second-order valence-corrected chi connectivity index (χ2v) is 3.39. The summed E-state index contributed by atoms with van der Waals surface area (Å²) in [7, 11) is 0. The van der Waals surface area contributed by atoms with Crippen LogP contribution in [0.15, 0.2) is 24.3 Å². The lowest BCUT2D eigenvalue weighted by atomic mass is 10.1. The first kappa shape index (κ1) is 8.87. The Morgan fingerprint density at radius 3 is 3.07 bits per heavy atom. The maximum atomic E-state index is 10.8. The molecule has 1 amide bonds. The average Bonchev–Trinajstić information content (AvgIpc) is 2.51. The molecule has 14 heavy (non-hydrogen) atoms. The molecule has 74 valence electrons. The van der Waals surface area contributed by atoms with Crippen LogP contribution in [0.3, 0.4) is 0 Å². The third-order valence-electron chi connectivity index (χ3n) is 2.17. The SMILES string of the molecule is Nc1cccc(CC2COC(=O)N2)c1. The van der Waals surface area contributed by atoms with Gasteiger partial charge >= 0.3 is 6.09 Å². The number of nitrogens with one attached hydrogen (secondary N) is 1. The van der Waals surface area contributed by atoms with Crippen LogP contribution < -0.4 is 11.1 Å². The van der Waals surface area contributed by atoms with Gasteiger partial charge in [0.05, 0.1) is 6.04 Å². The van der Waals surface area contributed by atoms with E-state index in [0.717, 1.165) is 17.7 Å². The van der Waals surface area contributed by atoms with Crippen LogP contribution >= 0.6 is 0 Å². The van der Waals surface area contributed by atoms with Crippen LogP contribution in [0.4, 0.5) is 10.5 Å². The number of nitrogens with two attached hydrogens (primary N) is 1. The first-order valence-corrected chi connectivity index (χ1v) is 4.52. The van der Waals surface area contributed by atoms with Crippen molar-refractivity contribution in [3.05, 3.63) is 29.8 Å². The monoisotopic (exact) mass is 192 g/mol. The molecule has 1 aliphatic heterocycles. The summed E-state index contributed by atoms with van der Waals surface area (Å²) in [5, 5.41) is 2.72. The quantitative estimate of drug-likeness (QED) is 0.685. The van der Waals surface area contributed by atoms with Crippen molar-refractivity contribution in [2.45, 2.75) is 12.5 Å². The number of amides is 1. The molecule has 0 aromatic heterocycles. The number of anilines is 1. The molecule has 0 radical (unpaired) electrons. The topological polar surface area (TPSA) is 64.3 Å². The molecule has 4 heteroatoms. The summed E-state index contributed by atoms with van der Waals surface area (Å²) in [4.78, 5) is 10.8. The average molecular weight is 192 g/mol. The maximum absolute atomic E-state index is 10.8. The van der Waals surface area contributed by atoms with Gasteiger partial charge in [-0.15, -0.1) is 0 Å². The Kier molecular flexibility index (Phi) is 2.26. The van der Waals surface area contributed by atoms with E-state index in [9.17, 15) is 4.79 Å². The van der Waals surface area contributed by atoms with Gasteiger partial charge in [0.25, 0.3) is 0 Å². The van der Waals surface area contributed by atoms with Crippen LogP contribution in [0.1, 0.15) is 5.56 Å². The number of carbonyl (C=O) groups is 1. The van der Waals surface area contributed by atoms with E-state index < -0.39 is 0 Å². The van der Waals surface area contributed by atoms with Crippen molar-refractivity contribution in [3.63, 3.8) is 0 Å². The first-order chi connectivity index (χ1) is 6.74. The van der Waals surface area contributed by atoms with E-state index in [4.69, 9.17) is 10.5 Å². The van der Waals surface area contributed by atoms with Gasteiger partial charge in [-0.2, -0.15) is 0 Å². The van der Waals surface area contributed by atoms with Crippen LogP contribution in [0, 0.1) is 0 Å². The Bertz CT molecular complexity index is 352. The van der Waals surface area contributed by atoms with Crippen molar-refractivity contribution in [2.24, 2.45) is 0 Å². The summed E-state index contributed by atoms with van der Waals surface area (Å²) in [6, 6.07) is 7.71. The molecule has 0 bridgehead atoms. The summed E-state index contributed by atoms with van der Waals surface area (Å²) in [5.74, 6) is 0. The summed E-state index contributed by atoms with van der Waals surface area (Å²) < 4.78 is 4.79. The summed E-state index contributed by atoms with van der Waals surface area (Å²) >= 11 is 0. The summed E-state index contributed by atoms with van der Waals surface area (Å²) in [5.41, 5.74) is 7.50. The van der Waals surface area contributed by atoms with Gasteiger partial charge in [-0.3, -0.25) is 0 Å².